The third-order valence-corrected chi connectivity index (χ3v) is 4.04. The topological polar surface area (TPSA) is 70.2 Å². The Morgan fingerprint density at radius 2 is 2.08 bits per heavy atom. The van der Waals surface area contributed by atoms with Crippen LogP contribution in [0.4, 0.5) is 20.8 Å². The van der Waals surface area contributed by atoms with Gasteiger partial charge in [-0.2, -0.15) is 0 Å². The Labute approximate surface area is 140 Å². The van der Waals surface area contributed by atoms with Gasteiger partial charge in [0.05, 0.1) is 12.2 Å². The van der Waals surface area contributed by atoms with Gasteiger partial charge >= 0.3 is 6.03 Å². The van der Waals surface area contributed by atoms with E-state index in [1.165, 1.54) is 6.07 Å². The average Bonchev–Trinajstić information content (AvgIpc) is 3.12. The Morgan fingerprint density at radius 1 is 1.29 bits per heavy atom. The van der Waals surface area contributed by atoms with Crippen LogP contribution in [0.5, 0.6) is 0 Å². The van der Waals surface area contributed by atoms with Crippen LogP contribution < -0.4 is 15.5 Å². The maximum Gasteiger partial charge on any atom is 0.319 e. The molecule has 0 bridgehead atoms. The van der Waals surface area contributed by atoms with E-state index in [0.717, 1.165) is 31.6 Å². The molecule has 0 unspecified atom stereocenters. The van der Waals surface area contributed by atoms with Crippen molar-refractivity contribution in [1.82, 2.24) is 15.3 Å². The molecule has 1 aliphatic heterocycles. The molecule has 0 spiro atoms. The Balaban J connectivity index is 1.58. The van der Waals surface area contributed by atoms with Gasteiger partial charge in [-0.1, -0.05) is 6.07 Å². The number of benzene rings is 1. The second-order valence-electron chi connectivity index (χ2n) is 5.76. The molecule has 3 rings (SSSR count). The summed E-state index contributed by atoms with van der Waals surface area (Å²) >= 11 is 0. The number of carbonyl (C=O) groups excluding carboxylic acids is 1. The first-order valence-corrected chi connectivity index (χ1v) is 8.00. The molecule has 2 N–H and O–H groups in total. The molecule has 1 saturated heterocycles. The number of rotatable bonds is 4. The number of hydrogen-bond donors (Lipinski definition) is 2. The normalized spacial score (nSPS) is 13.8. The molecule has 1 aromatic carbocycles. The summed E-state index contributed by atoms with van der Waals surface area (Å²) in [6.07, 6.45) is 4.01. The largest absolute Gasteiger partial charge is 0.341 e. The summed E-state index contributed by atoms with van der Waals surface area (Å²) < 4.78 is 13.5. The molecule has 2 amide bonds. The maximum atomic E-state index is 13.5. The van der Waals surface area contributed by atoms with Crippen LogP contribution in [0.25, 0.3) is 0 Å². The van der Waals surface area contributed by atoms with E-state index < -0.39 is 6.03 Å². The lowest BCUT2D eigenvalue weighted by Gasteiger charge is -2.15. The summed E-state index contributed by atoms with van der Waals surface area (Å²) in [5.74, 6) is 0.354. The number of urea groups is 1. The fourth-order valence-corrected chi connectivity index (χ4v) is 2.63. The quantitative estimate of drug-likeness (QED) is 0.905. The maximum absolute atomic E-state index is 13.5. The molecule has 7 heteroatoms. The van der Waals surface area contributed by atoms with Crippen molar-refractivity contribution in [3.8, 4) is 0 Å². The minimum absolute atomic E-state index is 0.281. The molecule has 2 aromatic rings. The van der Waals surface area contributed by atoms with Crippen molar-refractivity contribution in [2.24, 2.45) is 0 Å². The van der Waals surface area contributed by atoms with Crippen molar-refractivity contribution >= 4 is 17.7 Å². The van der Waals surface area contributed by atoms with E-state index in [0.29, 0.717) is 17.2 Å². The van der Waals surface area contributed by atoms with Gasteiger partial charge in [-0.3, -0.25) is 0 Å². The lowest BCUT2D eigenvalue weighted by Crippen LogP contribution is -2.29. The second kappa shape index (κ2) is 7.25. The molecule has 0 atom stereocenters. The summed E-state index contributed by atoms with van der Waals surface area (Å²) in [5.41, 5.74) is 1.59. The fourth-order valence-electron chi connectivity index (χ4n) is 2.63. The summed E-state index contributed by atoms with van der Waals surface area (Å²) in [7, 11) is 0. The highest BCUT2D eigenvalue weighted by atomic mass is 19.1. The van der Waals surface area contributed by atoms with E-state index in [2.05, 4.69) is 25.5 Å². The summed E-state index contributed by atoms with van der Waals surface area (Å²) in [4.78, 5) is 22.9. The van der Waals surface area contributed by atoms with Gasteiger partial charge in [-0.05, 0) is 38.0 Å². The summed E-state index contributed by atoms with van der Waals surface area (Å²) in [6.45, 7) is 3.84. The van der Waals surface area contributed by atoms with Crippen LogP contribution in [-0.4, -0.2) is 29.1 Å². The first-order valence-electron chi connectivity index (χ1n) is 8.00. The van der Waals surface area contributed by atoms with Gasteiger partial charge in [0.2, 0.25) is 5.95 Å². The SMILES string of the molecule is Cc1c(F)cccc1NC(=O)NCc1ccnc(N2CCCC2)n1. The van der Waals surface area contributed by atoms with Gasteiger partial charge in [0, 0.05) is 30.5 Å². The number of aromatic nitrogens is 2. The monoisotopic (exact) mass is 329 g/mol. The predicted octanol–water partition coefficient (Wildman–Crippen LogP) is 2.85. The van der Waals surface area contributed by atoms with Gasteiger partial charge in [0.25, 0.3) is 0 Å². The number of amides is 2. The van der Waals surface area contributed by atoms with Gasteiger partial charge in [0.1, 0.15) is 5.82 Å². The Kier molecular flexibility index (Phi) is 4.88. The van der Waals surface area contributed by atoms with E-state index in [-0.39, 0.29) is 12.4 Å². The molecule has 0 aliphatic carbocycles. The van der Waals surface area contributed by atoms with E-state index >= 15 is 0 Å². The highest BCUT2D eigenvalue weighted by Crippen LogP contribution is 2.17. The van der Waals surface area contributed by atoms with E-state index in [9.17, 15) is 9.18 Å². The lowest BCUT2D eigenvalue weighted by atomic mass is 10.2. The Bertz CT molecular complexity index is 731. The van der Waals surface area contributed by atoms with E-state index in [1.807, 2.05) is 0 Å². The van der Waals surface area contributed by atoms with Gasteiger partial charge < -0.3 is 15.5 Å². The lowest BCUT2D eigenvalue weighted by molar-refractivity contribution is 0.251. The number of halogens is 1. The highest BCUT2D eigenvalue weighted by Gasteiger charge is 2.15. The van der Waals surface area contributed by atoms with Gasteiger partial charge in [0.15, 0.2) is 0 Å². The molecule has 0 radical (unpaired) electrons. The van der Waals surface area contributed by atoms with Crippen LogP contribution in [0.2, 0.25) is 0 Å². The number of anilines is 2. The number of nitrogens with zero attached hydrogens (tertiary/aromatic N) is 3. The number of nitrogens with one attached hydrogen (secondary N) is 2. The van der Waals surface area contributed by atoms with Crippen LogP contribution in [0.1, 0.15) is 24.1 Å². The van der Waals surface area contributed by atoms with Crippen molar-refractivity contribution in [3.63, 3.8) is 0 Å². The fraction of sp³-hybridized carbons (Fsp3) is 0.353. The molecule has 1 aromatic heterocycles. The van der Waals surface area contributed by atoms with Crippen LogP contribution in [0, 0.1) is 12.7 Å². The molecular formula is C17H20FN5O. The second-order valence-corrected chi connectivity index (χ2v) is 5.76. The van der Waals surface area contributed by atoms with Crippen molar-refractivity contribution in [2.75, 3.05) is 23.3 Å². The van der Waals surface area contributed by atoms with Crippen molar-refractivity contribution in [2.45, 2.75) is 26.3 Å². The summed E-state index contributed by atoms with van der Waals surface area (Å²) in [5, 5.41) is 5.38. The van der Waals surface area contributed by atoms with Gasteiger partial charge in [-0.15, -0.1) is 0 Å². The van der Waals surface area contributed by atoms with Crippen molar-refractivity contribution in [3.05, 3.63) is 47.5 Å². The molecule has 1 fully saturated rings. The predicted molar refractivity (Wildman–Crippen MR) is 90.5 cm³/mol. The van der Waals surface area contributed by atoms with Crippen molar-refractivity contribution < 1.29 is 9.18 Å². The van der Waals surface area contributed by atoms with Crippen LogP contribution in [0.3, 0.4) is 0 Å². The first kappa shape index (κ1) is 16.2. The Morgan fingerprint density at radius 3 is 2.88 bits per heavy atom. The molecule has 6 nitrogen and oxygen atoms in total. The standard InChI is InChI=1S/C17H20FN5O/c1-12-14(18)5-4-6-15(12)22-17(24)20-11-13-7-8-19-16(21-13)23-9-2-3-10-23/h4-8H,2-3,9-11H2,1H3,(H2,20,22,24). The van der Waals surface area contributed by atoms with E-state index in [4.69, 9.17) is 0 Å². The zero-order valence-corrected chi connectivity index (χ0v) is 13.6. The zero-order chi connectivity index (χ0) is 16.9. The molecule has 24 heavy (non-hydrogen) atoms. The van der Waals surface area contributed by atoms with Crippen LogP contribution in [0.15, 0.2) is 30.5 Å². The molecule has 126 valence electrons. The Hall–Kier alpha value is -2.70. The van der Waals surface area contributed by atoms with E-state index in [1.54, 1.807) is 31.3 Å². The number of carbonyl (C=O) groups is 1. The zero-order valence-electron chi connectivity index (χ0n) is 13.6. The van der Waals surface area contributed by atoms with Crippen LogP contribution in [-0.2, 0) is 6.54 Å². The summed E-state index contributed by atoms with van der Waals surface area (Å²) in [6, 6.07) is 5.95. The first-order chi connectivity index (χ1) is 11.6. The molecule has 1 aliphatic rings. The smallest absolute Gasteiger partial charge is 0.319 e. The molecule has 2 heterocycles. The van der Waals surface area contributed by atoms with Gasteiger partial charge in [-0.25, -0.2) is 19.2 Å². The third-order valence-electron chi connectivity index (χ3n) is 4.04. The molecular weight excluding hydrogens is 309 g/mol. The van der Waals surface area contributed by atoms with Crippen LogP contribution >= 0.6 is 0 Å². The number of hydrogen-bond acceptors (Lipinski definition) is 4. The third kappa shape index (κ3) is 3.79. The molecule has 0 saturated carbocycles. The highest BCUT2D eigenvalue weighted by molar-refractivity contribution is 5.89. The average molecular weight is 329 g/mol. The van der Waals surface area contributed by atoms with Crippen molar-refractivity contribution in [1.29, 1.82) is 0 Å². The minimum atomic E-state index is -0.398. The minimum Gasteiger partial charge on any atom is -0.341 e.